The van der Waals surface area contributed by atoms with Crippen molar-refractivity contribution in [2.24, 2.45) is 0 Å². The van der Waals surface area contributed by atoms with E-state index in [1.54, 1.807) is 6.92 Å². The third-order valence-electron chi connectivity index (χ3n) is 1.05. The molecule has 0 amide bonds. The summed E-state index contributed by atoms with van der Waals surface area (Å²) in [5.41, 5.74) is 0. The zero-order valence-electron chi connectivity index (χ0n) is 5.76. The van der Waals surface area contributed by atoms with Crippen molar-refractivity contribution in [1.29, 1.82) is 5.26 Å². The average Bonchev–Trinajstić information content (AvgIpc) is 1.82. The van der Waals surface area contributed by atoms with Gasteiger partial charge in [0.15, 0.2) is 0 Å². The number of likely N-dealkylation sites (N-methyl/N-ethyl adjacent to an activating group) is 1. The Hall–Kier alpha value is -0.590. The molecule has 0 bridgehead atoms. The highest BCUT2D eigenvalue weighted by atomic mass is 16.3. The van der Waals surface area contributed by atoms with Gasteiger partial charge in [0, 0.05) is 0 Å². The molecule has 0 aliphatic heterocycles. The Labute approximate surface area is 55.3 Å². The molecule has 2 atom stereocenters. The lowest BCUT2D eigenvalue weighted by atomic mass is 10.2. The van der Waals surface area contributed by atoms with Crippen molar-refractivity contribution in [3.63, 3.8) is 0 Å². The molecule has 0 radical (unpaired) electrons. The number of nitrogens with one attached hydrogen (secondary N) is 1. The van der Waals surface area contributed by atoms with Crippen LogP contribution in [0.2, 0.25) is 0 Å². The van der Waals surface area contributed by atoms with E-state index in [4.69, 9.17) is 10.4 Å². The Kier molecular flexibility index (Phi) is 4.02. The second-order valence-corrected chi connectivity index (χ2v) is 1.91. The van der Waals surface area contributed by atoms with Gasteiger partial charge >= 0.3 is 0 Å². The molecule has 0 aromatic rings. The first kappa shape index (κ1) is 8.41. The number of aliphatic hydroxyl groups is 1. The van der Waals surface area contributed by atoms with Gasteiger partial charge in [-0.05, 0) is 13.5 Å². The molecule has 0 saturated carbocycles. The first-order valence-electron chi connectivity index (χ1n) is 3.03. The Bertz CT molecular complexity index is 106. The molecule has 0 aromatic heterocycles. The second-order valence-electron chi connectivity index (χ2n) is 1.91. The summed E-state index contributed by atoms with van der Waals surface area (Å²) in [6, 6.07) is 1.52. The van der Waals surface area contributed by atoms with Crippen LogP contribution in [0.4, 0.5) is 0 Å². The molecule has 0 aromatic carbocycles. The van der Waals surface area contributed by atoms with Crippen LogP contribution in [-0.4, -0.2) is 23.8 Å². The van der Waals surface area contributed by atoms with Crippen molar-refractivity contribution in [3.8, 4) is 6.07 Å². The number of aliphatic hydroxyl groups excluding tert-OH is 1. The molecule has 0 spiro atoms. The largest absolute Gasteiger partial charge is 0.391 e. The fraction of sp³-hybridized carbons (Fsp3) is 0.833. The molecule has 3 heteroatoms. The molecular formula is C6H12N2O. The van der Waals surface area contributed by atoms with Crippen molar-refractivity contribution in [2.45, 2.75) is 26.0 Å². The lowest BCUT2D eigenvalue weighted by Gasteiger charge is -2.11. The first-order chi connectivity index (χ1) is 4.22. The van der Waals surface area contributed by atoms with Gasteiger partial charge in [0.2, 0.25) is 0 Å². The van der Waals surface area contributed by atoms with E-state index in [9.17, 15) is 0 Å². The highest BCUT2D eigenvalue weighted by Gasteiger charge is 2.10. The molecule has 0 aliphatic carbocycles. The van der Waals surface area contributed by atoms with Gasteiger partial charge in [-0.25, -0.2) is 0 Å². The molecular weight excluding hydrogens is 116 g/mol. The van der Waals surface area contributed by atoms with Gasteiger partial charge in [0.25, 0.3) is 0 Å². The Morgan fingerprint density at radius 2 is 2.33 bits per heavy atom. The van der Waals surface area contributed by atoms with E-state index in [2.05, 4.69) is 5.32 Å². The van der Waals surface area contributed by atoms with Crippen molar-refractivity contribution in [2.75, 3.05) is 6.54 Å². The smallest absolute Gasteiger partial charge is 0.121 e. The highest BCUT2D eigenvalue weighted by Crippen LogP contribution is 1.88. The molecule has 3 nitrogen and oxygen atoms in total. The summed E-state index contributed by atoms with van der Waals surface area (Å²) < 4.78 is 0. The minimum Gasteiger partial charge on any atom is -0.391 e. The maximum Gasteiger partial charge on any atom is 0.121 e. The summed E-state index contributed by atoms with van der Waals surface area (Å²) in [4.78, 5) is 0. The fourth-order valence-electron chi connectivity index (χ4n) is 0.544. The number of hydrogen-bond acceptors (Lipinski definition) is 3. The normalized spacial score (nSPS) is 16.2. The van der Waals surface area contributed by atoms with Gasteiger partial charge in [-0.2, -0.15) is 5.26 Å². The topological polar surface area (TPSA) is 56.0 Å². The van der Waals surface area contributed by atoms with Crippen molar-refractivity contribution < 1.29 is 5.11 Å². The minimum atomic E-state index is -0.588. The molecule has 2 unspecified atom stereocenters. The van der Waals surface area contributed by atoms with E-state index in [1.807, 2.05) is 13.0 Å². The highest BCUT2D eigenvalue weighted by molar-refractivity contribution is 4.92. The molecule has 0 saturated heterocycles. The van der Waals surface area contributed by atoms with Gasteiger partial charge in [-0.3, -0.25) is 0 Å². The quantitative estimate of drug-likeness (QED) is 0.556. The van der Waals surface area contributed by atoms with Crippen LogP contribution in [0, 0.1) is 11.3 Å². The summed E-state index contributed by atoms with van der Waals surface area (Å²) in [5.74, 6) is 0. The predicted octanol–water partition coefficient (Wildman–Crippen LogP) is -0.131. The lowest BCUT2D eigenvalue weighted by Crippen LogP contribution is -2.36. The number of hydrogen-bond donors (Lipinski definition) is 2. The van der Waals surface area contributed by atoms with E-state index in [0.29, 0.717) is 6.54 Å². The first-order valence-corrected chi connectivity index (χ1v) is 3.03. The summed E-state index contributed by atoms with van der Waals surface area (Å²) >= 11 is 0. The maximum absolute atomic E-state index is 8.86. The second kappa shape index (κ2) is 4.30. The number of rotatable bonds is 3. The summed E-state index contributed by atoms with van der Waals surface area (Å²) in [6.45, 7) is 4.20. The van der Waals surface area contributed by atoms with Crippen LogP contribution in [-0.2, 0) is 0 Å². The zero-order chi connectivity index (χ0) is 7.28. The Morgan fingerprint density at radius 3 is 2.44 bits per heavy atom. The SMILES string of the molecule is CCNC(C#N)C(C)O. The molecule has 9 heavy (non-hydrogen) atoms. The molecule has 0 rings (SSSR count). The number of nitriles is 1. The zero-order valence-corrected chi connectivity index (χ0v) is 5.76. The summed E-state index contributed by atoms with van der Waals surface area (Å²) in [5, 5.41) is 20.0. The monoisotopic (exact) mass is 128 g/mol. The van der Waals surface area contributed by atoms with Gasteiger partial charge in [-0.15, -0.1) is 0 Å². The van der Waals surface area contributed by atoms with Crippen LogP contribution in [0.25, 0.3) is 0 Å². The predicted molar refractivity (Wildman–Crippen MR) is 34.8 cm³/mol. The van der Waals surface area contributed by atoms with Crippen molar-refractivity contribution >= 4 is 0 Å². The van der Waals surface area contributed by atoms with E-state index in [1.165, 1.54) is 0 Å². The molecule has 0 fully saturated rings. The van der Waals surface area contributed by atoms with Crippen LogP contribution in [0.3, 0.4) is 0 Å². The van der Waals surface area contributed by atoms with Crippen LogP contribution < -0.4 is 5.32 Å². The van der Waals surface area contributed by atoms with Gasteiger partial charge in [0.1, 0.15) is 6.04 Å². The Balaban J connectivity index is 3.58. The minimum absolute atomic E-state index is 0.421. The summed E-state index contributed by atoms with van der Waals surface area (Å²) in [6.07, 6.45) is -0.588. The Morgan fingerprint density at radius 1 is 1.78 bits per heavy atom. The lowest BCUT2D eigenvalue weighted by molar-refractivity contribution is 0.168. The molecule has 0 heterocycles. The van der Waals surface area contributed by atoms with Gasteiger partial charge in [0.05, 0.1) is 12.2 Å². The molecule has 2 N–H and O–H groups in total. The van der Waals surface area contributed by atoms with E-state index in [-0.39, 0.29) is 0 Å². The number of nitrogens with zero attached hydrogens (tertiary/aromatic N) is 1. The standard InChI is InChI=1S/C6H12N2O/c1-3-8-6(4-7)5(2)9/h5-6,8-9H,3H2,1-2H3. The van der Waals surface area contributed by atoms with Gasteiger partial charge in [-0.1, -0.05) is 6.92 Å². The van der Waals surface area contributed by atoms with Crippen molar-refractivity contribution in [3.05, 3.63) is 0 Å². The third kappa shape index (κ3) is 3.07. The fourth-order valence-corrected chi connectivity index (χ4v) is 0.544. The van der Waals surface area contributed by atoms with E-state index in [0.717, 1.165) is 0 Å². The van der Waals surface area contributed by atoms with Crippen LogP contribution >= 0.6 is 0 Å². The van der Waals surface area contributed by atoms with E-state index < -0.39 is 12.1 Å². The maximum atomic E-state index is 8.86. The average molecular weight is 128 g/mol. The summed E-state index contributed by atoms with van der Waals surface area (Å²) in [7, 11) is 0. The third-order valence-corrected chi connectivity index (χ3v) is 1.05. The van der Waals surface area contributed by atoms with Gasteiger partial charge < -0.3 is 10.4 Å². The molecule has 52 valence electrons. The van der Waals surface area contributed by atoms with Crippen LogP contribution in [0.5, 0.6) is 0 Å². The van der Waals surface area contributed by atoms with Crippen LogP contribution in [0.1, 0.15) is 13.8 Å². The molecule has 0 aliphatic rings. The van der Waals surface area contributed by atoms with E-state index >= 15 is 0 Å². The van der Waals surface area contributed by atoms with Crippen molar-refractivity contribution in [1.82, 2.24) is 5.32 Å². The van der Waals surface area contributed by atoms with Crippen LogP contribution in [0.15, 0.2) is 0 Å².